The van der Waals surface area contributed by atoms with Crippen LogP contribution in [0.3, 0.4) is 0 Å². The van der Waals surface area contributed by atoms with Gasteiger partial charge in [-0.2, -0.15) is 10.2 Å². The second-order valence-electron chi connectivity index (χ2n) is 6.44. The van der Waals surface area contributed by atoms with Crippen molar-refractivity contribution < 1.29 is 4.79 Å². The normalized spacial score (nSPS) is 11.3. The molecule has 0 atom stereocenters. The second kappa shape index (κ2) is 6.85. The lowest BCUT2D eigenvalue weighted by Gasteiger charge is -2.08. The third-order valence-corrected chi connectivity index (χ3v) is 4.45. The predicted octanol–water partition coefficient (Wildman–Crippen LogP) is 4.31. The van der Waals surface area contributed by atoms with Crippen molar-refractivity contribution in [1.29, 1.82) is 0 Å². The number of hydrogen-bond donors (Lipinski definition) is 2. The van der Waals surface area contributed by atoms with Crippen molar-refractivity contribution in [3.63, 3.8) is 0 Å². The molecule has 0 spiro atoms. The standard InChI is InChI=1S/C19H17ClN6O/c1-11(2)26-18-13(8-23-26)7-15(9-21-18)24-19(27)16-10-22-25-17(16)12-3-5-14(20)6-4-12/h3-11H,1-2H3,(H,22,25)(H,24,27). The number of benzene rings is 1. The summed E-state index contributed by atoms with van der Waals surface area (Å²) in [5, 5.41) is 15.6. The van der Waals surface area contributed by atoms with E-state index in [1.807, 2.05) is 36.7 Å². The Bertz CT molecular complexity index is 1110. The number of hydrogen-bond acceptors (Lipinski definition) is 4. The number of anilines is 1. The molecule has 3 heterocycles. The largest absolute Gasteiger partial charge is 0.320 e. The average molecular weight is 381 g/mol. The first-order chi connectivity index (χ1) is 13.0. The van der Waals surface area contributed by atoms with E-state index < -0.39 is 0 Å². The molecule has 0 fully saturated rings. The highest BCUT2D eigenvalue weighted by molar-refractivity contribution is 6.30. The van der Waals surface area contributed by atoms with Gasteiger partial charge in [0, 0.05) is 22.0 Å². The molecule has 0 bridgehead atoms. The van der Waals surface area contributed by atoms with Crippen molar-refractivity contribution in [2.75, 3.05) is 5.32 Å². The predicted molar refractivity (Wildman–Crippen MR) is 105 cm³/mol. The van der Waals surface area contributed by atoms with Crippen LogP contribution in [-0.4, -0.2) is 30.9 Å². The SMILES string of the molecule is CC(C)n1ncc2cc(NC(=O)c3cn[nH]c3-c3ccc(Cl)cc3)cnc21. The van der Waals surface area contributed by atoms with Crippen LogP contribution in [0, 0.1) is 0 Å². The molecular weight excluding hydrogens is 364 g/mol. The molecule has 0 aliphatic carbocycles. The summed E-state index contributed by atoms with van der Waals surface area (Å²) in [4.78, 5) is 17.2. The minimum absolute atomic E-state index is 0.211. The van der Waals surface area contributed by atoms with Crippen LogP contribution in [0.25, 0.3) is 22.3 Å². The molecule has 27 heavy (non-hydrogen) atoms. The zero-order valence-corrected chi connectivity index (χ0v) is 15.5. The zero-order valence-electron chi connectivity index (χ0n) is 14.8. The molecule has 0 unspecified atom stereocenters. The summed E-state index contributed by atoms with van der Waals surface area (Å²) in [6.07, 6.45) is 4.87. The maximum atomic E-state index is 12.7. The van der Waals surface area contributed by atoms with Gasteiger partial charge in [-0.15, -0.1) is 0 Å². The number of carbonyl (C=O) groups excluding carboxylic acids is 1. The van der Waals surface area contributed by atoms with Crippen molar-refractivity contribution in [3.8, 4) is 11.3 Å². The van der Waals surface area contributed by atoms with E-state index in [-0.39, 0.29) is 11.9 Å². The molecule has 0 saturated heterocycles. The fourth-order valence-corrected chi connectivity index (χ4v) is 3.01. The van der Waals surface area contributed by atoms with Crippen LogP contribution in [0.4, 0.5) is 5.69 Å². The van der Waals surface area contributed by atoms with E-state index >= 15 is 0 Å². The van der Waals surface area contributed by atoms with Gasteiger partial charge in [-0.25, -0.2) is 9.67 Å². The van der Waals surface area contributed by atoms with E-state index in [1.165, 1.54) is 6.20 Å². The Balaban J connectivity index is 1.61. The minimum Gasteiger partial charge on any atom is -0.320 e. The van der Waals surface area contributed by atoms with Crippen molar-refractivity contribution in [2.24, 2.45) is 0 Å². The maximum Gasteiger partial charge on any atom is 0.259 e. The van der Waals surface area contributed by atoms with E-state index in [0.717, 1.165) is 16.6 Å². The van der Waals surface area contributed by atoms with Gasteiger partial charge in [-0.05, 0) is 32.0 Å². The number of H-pyrrole nitrogens is 1. The molecule has 2 N–H and O–H groups in total. The number of amides is 1. The summed E-state index contributed by atoms with van der Waals surface area (Å²) in [5.41, 5.74) is 3.28. The molecular formula is C19H17ClN6O. The number of carbonyl (C=O) groups is 1. The molecule has 0 radical (unpaired) electrons. The highest BCUT2D eigenvalue weighted by Crippen LogP contribution is 2.24. The van der Waals surface area contributed by atoms with Gasteiger partial charge in [-0.1, -0.05) is 23.7 Å². The first-order valence-electron chi connectivity index (χ1n) is 8.47. The van der Waals surface area contributed by atoms with Crippen LogP contribution in [0.5, 0.6) is 0 Å². The molecule has 4 rings (SSSR count). The molecule has 1 amide bonds. The lowest BCUT2D eigenvalue weighted by Crippen LogP contribution is -2.12. The molecule has 0 saturated carbocycles. The Morgan fingerprint density at radius 3 is 2.70 bits per heavy atom. The first-order valence-corrected chi connectivity index (χ1v) is 8.84. The second-order valence-corrected chi connectivity index (χ2v) is 6.88. The molecule has 3 aromatic heterocycles. The quantitative estimate of drug-likeness (QED) is 0.552. The minimum atomic E-state index is -0.272. The number of aromatic amines is 1. The van der Waals surface area contributed by atoms with Crippen molar-refractivity contribution in [1.82, 2.24) is 25.0 Å². The fourth-order valence-electron chi connectivity index (χ4n) is 2.88. The number of pyridine rings is 1. The van der Waals surface area contributed by atoms with E-state index in [0.29, 0.717) is 22.0 Å². The Kier molecular flexibility index (Phi) is 4.37. The van der Waals surface area contributed by atoms with Crippen molar-refractivity contribution in [2.45, 2.75) is 19.9 Å². The smallest absolute Gasteiger partial charge is 0.259 e. The zero-order chi connectivity index (χ0) is 19.0. The molecule has 7 nitrogen and oxygen atoms in total. The summed E-state index contributed by atoms with van der Waals surface area (Å²) in [6.45, 7) is 4.09. The third-order valence-electron chi connectivity index (χ3n) is 4.20. The molecule has 8 heteroatoms. The van der Waals surface area contributed by atoms with E-state index in [4.69, 9.17) is 11.6 Å². The van der Waals surface area contributed by atoms with Gasteiger partial charge in [0.25, 0.3) is 5.91 Å². The van der Waals surface area contributed by atoms with E-state index in [2.05, 4.69) is 25.6 Å². The summed E-state index contributed by atoms with van der Waals surface area (Å²) in [5.74, 6) is -0.272. The molecule has 0 aliphatic rings. The molecule has 0 aliphatic heterocycles. The number of fused-ring (bicyclic) bond motifs is 1. The summed E-state index contributed by atoms with van der Waals surface area (Å²) in [6, 6.07) is 9.27. The summed E-state index contributed by atoms with van der Waals surface area (Å²) >= 11 is 5.93. The Morgan fingerprint density at radius 1 is 1.19 bits per heavy atom. The van der Waals surface area contributed by atoms with Gasteiger partial charge in [0.15, 0.2) is 5.65 Å². The lowest BCUT2D eigenvalue weighted by atomic mass is 10.1. The topological polar surface area (TPSA) is 88.5 Å². The number of halogens is 1. The van der Waals surface area contributed by atoms with Gasteiger partial charge in [-0.3, -0.25) is 9.89 Å². The average Bonchev–Trinajstić information content (AvgIpc) is 3.29. The van der Waals surface area contributed by atoms with Gasteiger partial charge < -0.3 is 5.32 Å². The van der Waals surface area contributed by atoms with Crippen molar-refractivity contribution in [3.05, 3.63) is 59.5 Å². The van der Waals surface area contributed by atoms with Gasteiger partial charge in [0.2, 0.25) is 0 Å². The molecule has 1 aromatic carbocycles. The van der Waals surface area contributed by atoms with E-state index in [1.54, 1.807) is 24.5 Å². The maximum absolute atomic E-state index is 12.7. The van der Waals surface area contributed by atoms with Crippen LogP contribution in [0.2, 0.25) is 5.02 Å². The van der Waals surface area contributed by atoms with E-state index in [9.17, 15) is 4.79 Å². The van der Waals surface area contributed by atoms with Crippen LogP contribution in [0.15, 0.2) is 48.9 Å². The summed E-state index contributed by atoms with van der Waals surface area (Å²) in [7, 11) is 0. The van der Waals surface area contributed by atoms with Crippen LogP contribution in [-0.2, 0) is 0 Å². The van der Waals surface area contributed by atoms with Crippen LogP contribution < -0.4 is 5.32 Å². The third kappa shape index (κ3) is 3.29. The monoisotopic (exact) mass is 380 g/mol. The highest BCUT2D eigenvalue weighted by Gasteiger charge is 2.16. The Hall–Kier alpha value is -3.19. The van der Waals surface area contributed by atoms with Gasteiger partial charge in [0.05, 0.1) is 35.5 Å². The van der Waals surface area contributed by atoms with Crippen LogP contribution >= 0.6 is 11.6 Å². The van der Waals surface area contributed by atoms with Crippen molar-refractivity contribution >= 4 is 34.2 Å². The highest BCUT2D eigenvalue weighted by atomic mass is 35.5. The number of nitrogens with zero attached hydrogens (tertiary/aromatic N) is 4. The Labute approximate surface area is 160 Å². The summed E-state index contributed by atoms with van der Waals surface area (Å²) < 4.78 is 1.84. The molecule has 4 aromatic rings. The molecule has 136 valence electrons. The Morgan fingerprint density at radius 2 is 1.96 bits per heavy atom. The lowest BCUT2D eigenvalue weighted by molar-refractivity contribution is 0.102. The number of aromatic nitrogens is 5. The van der Waals surface area contributed by atoms with Crippen LogP contribution in [0.1, 0.15) is 30.2 Å². The number of nitrogens with one attached hydrogen (secondary N) is 2. The number of rotatable bonds is 4. The van der Waals surface area contributed by atoms with Gasteiger partial charge >= 0.3 is 0 Å². The van der Waals surface area contributed by atoms with Gasteiger partial charge in [0.1, 0.15) is 0 Å². The fraction of sp³-hybridized carbons (Fsp3) is 0.158. The first kappa shape index (κ1) is 17.2.